The maximum absolute atomic E-state index is 11.0. The Hall–Kier alpha value is -1.59. The van der Waals surface area contributed by atoms with E-state index in [9.17, 15) is 13.5 Å². The van der Waals surface area contributed by atoms with Crippen LogP contribution in [0, 0.1) is 0 Å². The molecule has 0 bridgehead atoms. The van der Waals surface area contributed by atoms with Gasteiger partial charge in [0, 0.05) is 18.4 Å². The average molecular weight is 293 g/mol. The summed E-state index contributed by atoms with van der Waals surface area (Å²) in [5.41, 5.74) is 0.849. The van der Waals surface area contributed by atoms with Crippen molar-refractivity contribution in [3.05, 3.63) is 42.0 Å². The Balaban J connectivity index is 2.01. The SMILES string of the molecule is CS(=O)(=O)CCCNCc1c(O)ccc2ccccc12. The van der Waals surface area contributed by atoms with E-state index in [0.29, 0.717) is 19.5 Å². The van der Waals surface area contributed by atoms with E-state index < -0.39 is 9.84 Å². The van der Waals surface area contributed by atoms with Crippen LogP contribution in [-0.4, -0.2) is 32.1 Å². The number of phenols is 1. The number of fused-ring (bicyclic) bond motifs is 1. The summed E-state index contributed by atoms with van der Waals surface area (Å²) in [7, 11) is -2.90. The van der Waals surface area contributed by atoms with Crippen molar-refractivity contribution in [3.63, 3.8) is 0 Å². The number of hydrogen-bond acceptors (Lipinski definition) is 4. The van der Waals surface area contributed by atoms with Crippen LogP contribution in [0.2, 0.25) is 0 Å². The summed E-state index contributed by atoms with van der Waals surface area (Å²) in [4.78, 5) is 0. The molecule has 2 rings (SSSR count). The predicted octanol–water partition coefficient (Wildman–Crippen LogP) is 2.07. The zero-order valence-electron chi connectivity index (χ0n) is 11.5. The van der Waals surface area contributed by atoms with Crippen molar-refractivity contribution in [3.8, 4) is 5.75 Å². The van der Waals surface area contributed by atoms with E-state index in [-0.39, 0.29) is 11.5 Å². The molecule has 20 heavy (non-hydrogen) atoms. The normalized spacial score (nSPS) is 11.8. The summed E-state index contributed by atoms with van der Waals surface area (Å²) in [6.45, 7) is 1.13. The molecule has 0 saturated carbocycles. The fraction of sp³-hybridized carbons (Fsp3) is 0.333. The van der Waals surface area contributed by atoms with E-state index in [1.165, 1.54) is 6.26 Å². The summed E-state index contributed by atoms with van der Waals surface area (Å²) in [6, 6.07) is 11.5. The smallest absolute Gasteiger partial charge is 0.147 e. The van der Waals surface area contributed by atoms with E-state index >= 15 is 0 Å². The largest absolute Gasteiger partial charge is 0.508 e. The van der Waals surface area contributed by atoms with E-state index in [2.05, 4.69) is 5.32 Å². The van der Waals surface area contributed by atoms with Gasteiger partial charge in [0.2, 0.25) is 0 Å². The maximum Gasteiger partial charge on any atom is 0.147 e. The molecule has 0 atom stereocenters. The molecule has 0 aliphatic heterocycles. The molecule has 0 aliphatic carbocycles. The molecule has 4 nitrogen and oxygen atoms in total. The summed E-state index contributed by atoms with van der Waals surface area (Å²) in [5.74, 6) is 0.445. The molecule has 0 fully saturated rings. The van der Waals surface area contributed by atoms with E-state index in [1.54, 1.807) is 6.07 Å². The van der Waals surface area contributed by atoms with Crippen LogP contribution in [0.1, 0.15) is 12.0 Å². The van der Waals surface area contributed by atoms with Gasteiger partial charge in [-0.2, -0.15) is 0 Å². The molecule has 0 saturated heterocycles. The second kappa shape index (κ2) is 6.24. The zero-order valence-corrected chi connectivity index (χ0v) is 12.3. The lowest BCUT2D eigenvalue weighted by Gasteiger charge is -2.10. The number of benzene rings is 2. The maximum atomic E-state index is 11.0. The predicted molar refractivity (Wildman–Crippen MR) is 81.6 cm³/mol. The second-order valence-electron chi connectivity index (χ2n) is 4.94. The molecular formula is C15H19NO3S. The molecule has 2 aromatic rings. The standard InChI is InChI=1S/C15H19NO3S/c1-20(18,19)10-4-9-16-11-14-13-6-3-2-5-12(13)7-8-15(14)17/h2-3,5-8,16-17H,4,9-11H2,1H3. The number of rotatable bonds is 6. The lowest BCUT2D eigenvalue weighted by Crippen LogP contribution is -2.18. The second-order valence-corrected chi connectivity index (χ2v) is 7.20. The fourth-order valence-corrected chi connectivity index (χ4v) is 2.85. The first-order valence-corrected chi connectivity index (χ1v) is 8.61. The molecule has 0 spiro atoms. The van der Waals surface area contributed by atoms with Crippen LogP contribution in [0.25, 0.3) is 10.8 Å². The van der Waals surface area contributed by atoms with Gasteiger partial charge in [0.05, 0.1) is 5.75 Å². The van der Waals surface area contributed by atoms with Gasteiger partial charge in [-0.05, 0) is 29.8 Å². The molecule has 5 heteroatoms. The van der Waals surface area contributed by atoms with Gasteiger partial charge in [-0.25, -0.2) is 8.42 Å². The van der Waals surface area contributed by atoms with E-state index in [1.807, 2.05) is 30.3 Å². The summed E-state index contributed by atoms with van der Waals surface area (Å²) >= 11 is 0. The van der Waals surface area contributed by atoms with Gasteiger partial charge in [-0.1, -0.05) is 30.3 Å². The van der Waals surface area contributed by atoms with Gasteiger partial charge < -0.3 is 10.4 Å². The number of nitrogens with one attached hydrogen (secondary N) is 1. The van der Waals surface area contributed by atoms with Crippen molar-refractivity contribution in [1.82, 2.24) is 5.32 Å². The molecule has 0 aromatic heterocycles. The van der Waals surface area contributed by atoms with Crippen molar-refractivity contribution in [2.75, 3.05) is 18.6 Å². The summed E-state index contributed by atoms with van der Waals surface area (Å²) in [6.07, 6.45) is 1.81. The fourth-order valence-electron chi connectivity index (χ4n) is 2.18. The molecule has 2 aromatic carbocycles. The molecule has 0 radical (unpaired) electrons. The minimum atomic E-state index is -2.90. The van der Waals surface area contributed by atoms with E-state index in [4.69, 9.17) is 0 Å². The monoisotopic (exact) mass is 293 g/mol. The highest BCUT2D eigenvalue weighted by Gasteiger charge is 2.06. The highest BCUT2D eigenvalue weighted by atomic mass is 32.2. The topological polar surface area (TPSA) is 66.4 Å². The van der Waals surface area contributed by atoms with Gasteiger partial charge in [0.15, 0.2) is 0 Å². The first-order chi connectivity index (χ1) is 9.47. The number of aromatic hydroxyl groups is 1. The lowest BCUT2D eigenvalue weighted by atomic mass is 10.0. The Morgan fingerprint density at radius 3 is 2.65 bits per heavy atom. The van der Waals surface area contributed by atoms with Crippen molar-refractivity contribution in [2.24, 2.45) is 0 Å². The van der Waals surface area contributed by atoms with Crippen molar-refractivity contribution in [2.45, 2.75) is 13.0 Å². The highest BCUT2D eigenvalue weighted by molar-refractivity contribution is 7.90. The van der Waals surface area contributed by atoms with Crippen LogP contribution in [0.15, 0.2) is 36.4 Å². The van der Waals surface area contributed by atoms with Gasteiger partial charge in [0.1, 0.15) is 15.6 Å². The van der Waals surface area contributed by atoms with Gasteiger partial charge in [0.25, 0.3) is 0 Å². The Bertz CT molecular complexity index is 695. The molecule has 0 aliphatic rings. The lowest BCUT2D eigenvalue weighted by molar-refractivity contribution is 0.466. The first kappa shape index (κ1) is 14.8. The Morgan fingerprint density at radius 2 is 1.90 bits per heavy atom. The minimum absolute atomic E-state index is 0.182. The van der Waals surface area contributed by atoms with Gasteiger partial charge in [-0.3, -0.25) is 0 Å². The molecular weight excluding hydrogens is 274 g/mol. The first-order valence-electron chi connectivity index (χ1n) is 6.55. The number of sulfone groups is 1. The van der Waals surface area contributed by atoms with Crippen LogP contribution >= 0.6 is 0 Å². The number of phenolic OH excluding ortho intramolecular Hbond substituents is 1. The minimum Gasteiger partial charge on any atom is -0.508 e. The highest BCUT2D eigenvalue weighted by Crippen LogP contribution is 2.26. The van der Waals surface area contributed by atoms with E-state index in [0.717, 1.165) is 16.3 Å². The van der Waals surface area contributed by atoms with Crippen LogP contribution < -0.4 is 5.32 Å². The van der Waals surface area contributed by atoms with Crippen molar-refractivity contribution < 1.29 is 13.5 Å². The molecule has 0 amide bonds. The molecule has 0 unspecified atom stereocenters. The van der Waals surface area contributed by atoms with Crippen LogP contribution in [0.5, 0.6) is 5.75 Å². The van der Waals surface area contributed by atoms with Crippen molar-refractivity contribution >= 4 is 20.6 Å². The third kappa shape index (κ3) is 3.95. The Kier molecular flexibility index (Phi) is 4.62. The summed E-state index contributed by atoms with van der Waals surface area (Å²) < 4.78 is 22.1. The van der Waals surface area contributed by atoms with Crippen LogP contribution in [0.3, 0.4) is 0 Å². The Morgan fingerprint density at radius 1 is 1.15 bits per heavy atom. The summed E-state index contributed by atoms with van der Waals surface area (Å²) in [5, 5.41) is 15.2. The van der Waals surface area contributed by atoms with Crippen LogP contribution in [0.4, 0.5) is 0 Å². The third-order valence-electron chi connectivity index (χ3n) is 3.19. The Labute approximate surface area is 119 Å². The van der Waals surface area contributed by atoms with Gasteiger partial charge >= 0.3 is 0 Å². The molecule has 2 N–H and O–H groups in total. The average Bonchev–Trinajstić information content (AvgIpc) is 2.39. The number of hydrogen-bond donors (Lipinski definition) is 2. The van der Waals surface area contributed by atoms with Crippen molar-refractivity contribution in [1.29, 1.82) is 0 Å². The quantitative estimate of drug-likeness (QED) is 0.800. The van der Waals surface area contributed by atoms with Crippen LogP contribution in [-0.2, 0) is 16.4 Å². The zero-order chi connectivity index (χ0) is 14.6. The van der Waals surface area contributed by atoms with Gasteiger partial charge in [-0.15, -0.1) is 0 Å². The third-order valence-corrected chi connectivity index (χ3v) is 4.22. The molecule has 108 valence electrons. The molecule has 0 heterocycles.